The second-order valence-corrected chi connectivity index (χ2v) is 12.5. The Balaban J connectivity index is 1.18. The number of fused-ring (bicyclic) bond motifs is 2. The summed E-state index contributed by atoms with van der Waals surface area (Å²) in [4.78, 5) is 17.6. The molecule has 44 heavy (non-hydrogen) atoms. The minimum atomic E-state index is -4.05. The largest absolute Gasteiger partial charge is 0.493 e. The second kappa shape index (κ2) is 11.7. The number of nitrogens with one attached hydrogen (secondary N) is 1. The van der Waals surface area contributed by atoms with Crippen molar-refractivity contribution in [3.63, 3.8) is 0 Å². The predicted octanol–water partition coefficient (Wildman–Crippen LogP) is 6.15. The number of ether oxygens (including phenoxy) is 1. The molecule has 2 heterocycles. The summed E-state index contributed by atoms with van der Waals surface area (Å²) in [5.74, 6) is -0.822. The van der Waals surface area contributed by atoms with E-state index in [0.29, 0.717) is 45.5 Å². The summed E-state index contributed by atoms with van der Waals surface area (Å²) in [6, 6.07) is 26.6. The lowest BCUT2D eigenvalue weighted by Crippen LogP contribution is -2.31. The summed E-state index contributed by atoms with van der Waals surface area (Å²) in [5.41, 5.74) is 4.77. The monoisotopic (exact) mass is 608 g/mol. The van der Waals surface area contributed by atoms with E-state index in [4.69, 9.17) is 4.74 Å². The highest BCUT2D eigenvalue weighted by atomic mass is 32.2. The number of hydrogen-bond donors (Lipinski definition) is 2. The topological polar surface area (TPSA) is 106 Å². The maximum Gasteiger partial charge on any atom is 0.265 e. The van der Waals surface area contributed by atoms with E-state index in [9.17, 15) is 22.7 Å². The van der Waals surface area contributed by atoms with Gasteiger partial charge in [0.2, 0.25) is 0 Å². The Kier molecular flexibility index (Phi) is 7.75. The van der Waals surface area contributed by atoms with Gasteiger partial charge in [-0.25, -0.2) is 22.5 Å². The molecule has 2 atom stereocenters. The Morgan fingerprint density at radius 3 is 2.64 bits per heavy atom. The summed E-state index contributed by atoms with van der Waals surface area (Å²) in [6.07, 6.45) is -0.474. The second-order valence-electron chi connectivity index (χ2n) is 10.9. The summed E-state index contributed by atoms with van der Waals surface area (Å²) in [6.45, 7) is 6.14. The van der Waals surface area contributed by atoms with Crippen LogP contribution in [0.25, 0.3) is 16.5 Å². The van der Waals surface area contributed by atoms with Crippen LogP contribution in [0, 0.1) is 18.7 Å². The van der Waals surface area contributed by atoms with Crippen molar-refractivity contribution < 1.29 is 27.4 Å². The Morgan fingerprint density at radius 1 is 1.00 bits per heavy atom. The average molecular weight is 609 g/mol. The van der Waals surface area contributed by atoms with Crippen molar-refractivity contribution in [1.82, 2.24) is 9.71 Å². The smallest absolute Gasteiger partial charge is 0.265 e. The van der Waals surface area contributed by atoms with E-state index in [0.717, 1.165) is 11.1 Å². The summed E-state index contributed by atoms with van der Waals surface area (Å²) in [7, 11) is -4.05. The molecule has 7 nitrogen and oxygen atoms in total. The van der Waals surface area contributed by atoms with Gasteiger partial charge in [0, 0.05) is 28.0 Å². The fourth-order valence-electron chi connectivity index (χ4n) is 5.46. The lowest BCUT2D eigenvalue weighted by Gasteiger charge is -2.31. The molecule has 6 rings (SSSR count). The molecule has 0 saturated heterocycles. The van der Waals surface area contributed by atoms with Gasteiger partial charge >= 0.3 is 0 Å². The molecule has 5 aromatic rings. The van der Waals surface area contributed by atoms with E-state index in [1.165, 1.54) is 18.2 Å². The summed E-state index contributed by atoms with van der Waals surface area (Å²) in [5, 5.41) is 12.1. The van der Waals surface area contributed by atoms with Crippen molar-refractivity contribution in [2.24, 2.45) is 5.92 Å². The maximum atomic E-state index is 13.6. The molecule has 0 bridgehead atoms. The van der Waals surface area contributed by atoms with Gasteiger partial charge in [-0.1, -0.05) is 49.0 Å². The number of carbonyl (C=O) groups is 1. The van der Waals surface area contributed by atoms with Crippen molar-refractivity contribution in [2.75, 3.05) is 6.61 Å². The molecule has 1 aliphatic heterocycles. The first-order valence-electron chi connectivity index (χ1n) is 14.0. The van der Waals surface area contributed by atoms with E-state index in [1.807, 2.05) is 18.2 Å². The fourth-order valence-corrected chi connectivity index (χ4v) is 6.68. The number of benzene rings is 4. The van der Waals surface area contributed by atoms with E-state index < -0.39 is 22.0 Å². The number of amides is 1. The molecule has 0 radical (unpaired) electrons. The molecule has 0 unspecified atom stereocenters. The van der Waals surface area contributed by atoms with Gasteiger partial charge < -0.3 is 9.84 Å². The van der Waals surface area contributed by atoms with Gasteiger partial charge in [0.1, 0.15) is 11.6 Å². The van der Waals surface area contributed by atoms with Crippen LogP contribution in [0.3, 0.4) is 0 Å². The molecule has 0 saturated carbocycles. The third kappa shape index (κ3) is 5.84. The van der Waals surface area contributed by atoms with E-state index in [-0.39, 0.29) is 28.8 Å². The first kappa shape index (κ1) is 29.2. The molecule has 1 aromatic heterocycles. The standard InChI is InChI=1S/C35H29FN2O5S/c1-21-6-3-4-9-33(21)44(41,42)38-35(40)26-8-5-7-23(16-26)17-27-20-43-32-15-11-24(19-29(32)34(27)39)22(2)30-13-10-25-18-28(36)12-14-31(25)37-30/h3-16,18-19,27,34,39H,2,17,20H2,1H3,(H,38,40)/t27-,34-/m0/s1. The Bertz CT molecular complexity index is 2040. The van der Waals surface area contributed by atoms with E-state index >= 15 is 0 Å². The molecular weight excluding hydrogens is 579 g/mol. The number of aromatic nitrogens is 1. The molecule has 9 heteroatoms. The molecule has 1 amide bonds. The number of aliphatic hydroxyl groups is 1. The van der Waals surface area contributed by atoms with Crippen LogP contribution in [-0.4, -0.2) is 31.0 Å². The van der Waals surface area contributed by atoms with Crippen LogP contribution in [0.15, 0.2) is 109 Å². The number of aliphatic hydroxyl groups excluding tert-OH is 1. The van der Waals surface area contributed by atoms with Crippen molar-refractivity contribution in [1.29, 1.82) is 0 Å². The zero-order valence-corrected chi connectivity index (χ0v) is 24.6. The molecule has 0 spiro atoms. The Hall–Kier alpha value is -4.86. The number of nitrogens with zero attached hydrogens (tertiary/aromatic N) is 1. The SMILES string of the molecule is C=C(c1ccc2c(c1)[C@@H](O)[C@@H](Cc1cccc(C(=O)NS(=O)(=O)c3ccccc3C)c1)CO2)c1ccc2cc(F)ccc2n1. The van der Waals surface area contributed by atoms with Crippen LogP contribution >= 0.6 is 0 Å². The number of pyridine rings is 1. The minimum Gasteiger partial charge on any atom is -0.493 e. The third-order valence-electron chi connectivity index (χ3n) is 7.83. The number of hydrogen-bond acceptors (Lipinski definition) is 6. The zero-order valence-electron chi connectivity index (χ0n) is 23.8. The van der Waals surface area contributed by atoms with Crippen LogP contribution in [0.5, 0.6) is 5.75 Å². The van der Waals surface area contributed by atoms with Crippen LogP contribution in [0.1, 0.15) is 44.4 Å². The molecule has 4 aromatic carbocycles. The Labute approximate surface area is 254 Å². The maximum absolute atomic E-state index is 13.6. The average Bonchev–Trinajstić information content (AvgIpc) is 3.01. The van der Waals surface area contributed by atoms with E-state index in [2.05, 4.69) is 16.3 Å². The van der Waals surface area contributed by atoms with Gasteiger partial charge in [0.05, 0.1) is 28.8 Å². The van der Waals surface area contributed by atoms with Gasteiger partial charge in [0.25, 0.3) is 15.9 Å². The summed E-state index contributed by atoms with van der Waals surface area (Å²) >= 11 is 0. The van der Waals surface area contributed by atoms with Crippen LogP contribution in [0.2, 0.25) is 0 Å². The highest BCUT2D eigenvalue weighted by Crippen LogP contribution is 2.39. The first-order chi connectivity index (χ1) is 21.1. The number of rotatable bonds is 7. The van der Waals surface area contributed by atoms with Gasteiger partial charge in [-0.2, -0.15) is 0 Å². The highest BCUT2D eigenvalue weighted by Gasteiger charge is 2.30. The molecule has 0 aliphatic carbocycles. The van der Waals surface area contributed by atoms with Crippen molar-refractivity contribution in [3.8, 4) is 5.75 Å². The van der Waals surface area contributed by atoms with Crippen molar-refractivity contribution >= 4 is 32.4 Å². The normalized spacial score (nSPS) is 16.2. The number of carbonyl (C=O) groups excluding carboxylic acids is 1. The first-order valence-corrected chi connectivity index (χ1v) is 15.5. The fraction of sp³-hybridized carbons (Fsp3) is 0.143. The third-order valence-corrected chi connectivity index (χ3v) is 9.33. The minimum absolute atomic E-state index is 0.0412. The van der Waals surface area contributed by atoms with Gasteiger partial charge in [-0.3, -0.25) is 4.79 Å². The lowest BCUT2D eigenvalue weighted by molar-refractivity contribution is 0.0508. The lowest BCUT2D eigenvalue weighted by atomic mass is 9.86. The van der Waals surface area contributed by atoms with Crippen LogP contribution in [0.4, 0.5) is 4.39 Å². The number of halogens is 1. The molecule has 1 aliphatic rings. The van der Waals surface area contributed by atoms with Crippen molar-refractivity contribution in [3.05, 3.63) is 143 Å². The highest BCUT2D eigenvalue weighted by molar-refractivity contribution is 7.90. The zero-order chi connectivity index (χ0) is 31.0. The molecule has 222 valence electrons. The molecule has 2 N–H and O–H groups in total. The quantitative estimate of drug-likeness (QED) is 0.230. The van der Waals surface area contributed by atoms with Gasteiger partial charge in [0.15, 0.2) is 0 Å². The van der Waals surface area contributed by atoms with Crippen molar-refractivity contribution in [2.45, 2.75) is 24.3 Å². The van der Waals surface area contributed by atoms with E-state index in [1.54, 1.807) is 67.6 Å². The van der Waals surface area contributed by atoms with Gasteiger partial charge in [-0.05, 0) is 84.6 Å². The van der Waals surface area contributed by atoms with Crippen LogP contribution < -0.4 is 9.46 Å². The van der Waals surface area contributed by atoms with Crippen LogP contribution in [-0.2, 0) is 16.4 Å². The number of sulfonamides is 1. The molecular formula is C35H29FN2O5S. The van der Waals surface area contributed by atoms with Gasteiger partial charge in [-0.15, -0.1) is 0 Å². The Morgan fingerprint density at radius 2 is 1.82 bits per heavy atom. The predicted molar refractivity (Wildman–Crippen MR) is 166 cm³/mol. The molecule has 0 fully saturated rings. The number of aryl methyl sites for hydroxylation is 1. The summed E-state index contributed by atoms with van der Waals surface area (Å²) < 4.78 is 47.4.